The van der Waals surface area contributed by atoms with Gasteiger partial charge in [-0.1, -0.05) is 46.7 Å². The number of benzene rings is 2. The van der Waals surface area contributed by atoms with Crippen LogP contribution in [0.3, 0.4) is 0 Å². The molecule has 2 aromatic heterocycles. The number of hydrogen-bond acceptors (Lipinski definition) is 8. The molecule has 3 heterocycles. The van der Waals surface area contributed by atoms with E-state index in [0.717, 1.165) is 11.3 Å². The molecular weight excluding hydrogens is 565 g/mol. The number of nitro benzene ring substituents is 1. The molecular formula is C27H19Cl2N3O6S. The Labute approximate surface area is 235 Å². The molecule has 1 aliphatic rings. The molecule has 0 spiro atoms. The number of thiazole rings is 1. The Bertz CT molecular complexity index is 1840. The molecule has 5 rings (SSSR count). The maximum absolute atomic E-state index is 13.7. The smallest absolute Gasteiger partial charge is 0.338 e. The van der Waals surface area contributed by atoms with Crippen LogP contribution in [0.2, 0.25) is 10.0 Å². The Hall–Kier alpha value is -3.99. The molecule has 12 heteroatoms. The average molecular weight is 584 g/mol. The van der Waals surface area contributed by atoms with Gasteiger partial charge in [0, 0.05) is 22.7 Å². The van der Waals surface area contributed by atoms with Gasteiger partial charge in [0.2, 0.25) is 0 Å². The summed E-state index contributed by atoms with van der Waals surface area (Å²) in [6, 6.07) is 13.8. The Morgan fingerprint density at radius 3 is 2.62 bits per heavy atom. The van der Waals surface area contributed by atoms with Crippen molar-refractivity contribution in [3.05, 3.63) is 117 Å². The monoisotopic (exact) mass is 583 g/mol. The van der Waals surface area contributed by atoms with Crippen LogP contribution in [0.25, 0.3) is 17.4 Å². The molecule has 4 aromatic rings. The van der Waals surface area contributed by atoms with Gasteiger partial charge in [-0.05, 0) is 55.8 Å². The number of fused-ring (bicyclic) bond motifs is 1. The van der Waals surface area contributed by atoms with Gasteiger partial charge in [-0.25, -0.2) is 9.79 Å². The first-order valence-corrected chi connectivity index (χ1v) is 13.2. The normalized spacial score (nSPS) is 15.2. The maximum atomic E-state index is 13.7. The Kier molecular flexibility index (Phi) is 7.26. The van der Waals surface area contributed by atoms with Crippen LogP contribution in [0.1, 0.15) is 31.2 Å². The molecule has 0 saturated carbocycles. The van der Waals surface area contributed by atoms with Crippen LogP contribution in [0, 0.1) is 10.1 Å². The van der Waals surface area contributed by atoms with Crippen molar-refractivity contribution < 1.29 is 18.9 Å². The quantitative estimate of drug-likeness (QED) is 0.173. The van der Waals surface area contributed by atoms with Gasteiger partial charge in [0.05, 0.1) is 33.4 Å². The highest BCUT2D eigenvalue weighted by Gasteiger charge is 2.33. The van der Waals surface area contributed by atoms with Gasteiger partial charge < -0.3 is 9.15 Å². The molecule has 0 N–H and O–H groups in total. The number of carbonyl (C=O) groups excluding carboxylic acids is 1. The molecule has 0 fully saturated rings. The van der Waals surface area contributed by atoms with Crippen LogP contribution in [0.15, 0.2) is 80.1 Å². The fraction of sp³-hybridized carbons (Fsp3) is 0.148. The summed E-state index contributed by atoms with van der Waals surface area (Å²) >= 11 is 13.3. The summed E-state index contributed by atoms with van der Waals surface area (Å²) in [7, 11) is 0. The second kappa shape index (κ2) is 10.6. The Morgan fingerprint density at radius 2 is 1.95 bits per heavy atom. The molecule has 9 nitrogen and oxygen atoms in total. The summed E-state index contributed by atoms with van der Waals surface area (Å²) in [5.74, 6) is 0.254. The van der Waals surface area contributed by atoms with E-state index in [4.69, 9.17) is 32.4 Å². The van der Waals surface area contributed by atoms with E-state index in [2.05, 4.69) is 4.99 Å². The van der Waals surface area contributed by atoms with Crippen LogP contribution in [-0.2, 0) is 9.53 Å². The van der Waals surface area contributed by atoms with E-state index in [-0.39, 0.29) is 28.4 Å². The Balaban J connectivity index is 1.60. The standard InChI is InChI=1S/C27H19Cl2N3O6S/c1-3-37-26(34)23-14(2)30-27-31(24(23)15-4-7-17(28)8-5-15)25(33)22(39-27)13-18-9-11-21(38-18)16-6-10-20(32(35)36)19(29)12-16/h4-13,24H,3H2,1-2H3/b22-13+. The Morgan fingerprint density at radius 1 is 1.21 bits per heavy atom. The lowest BCUT2D eigenvalue weighted by Gasteiger charge is -2.24. The van der Waals surface area contributed by atoms with Gasteiger partial charge in [0.15, 0.2) is 4.80 Å². The van der Waals surface area contributed by atoms with Crippen LogP contribution >= 0.6 is 34.5 Å². The zero-order valence-electron chi connectivity index (χ0n) is 20.5. The van der Waals surface area contributed by atoms with Gasteiger partial charge in [0.1, 0.15) is 16.5 Å². The minimum absolute atomic E-state index is 0.0151. The van der Waals surface area contributed by atoms with Crippen LogP contribution in [0.4, 0.5) is 5.69 Å². The van der Waals surface area contributed by atoms with E-state index < -0.39 is 16.9 Å². The molecule has 0 bridgehead atoms. The number of esters is 1. The molecule has 39 heavy (non-hydrogen) atoms. The number of furan rings is 1. The van der Waals surface area contributed by atoms with Gasteiger partial charge >= 0.3 is 5.97 Å². The largest absolute Gasteiger partial charge is 0.463 e. The first-order chi connectivity index (χ1) is 18.7. The number of ether oxygens (including phenoxy) is 1. The highest BCUT2D eigenvalue weighted by Crippen LogP contribution is 2.32. The van der Waals surface area contributed by atoms with Gasteiger partial charge in [0.25, 0.3) is 11.2 Å². The summed E-state index contributed by atoms with van der Waals surface area (Å²) in [6.07, 6.45) is 1.59. The van der Waals surface area contributed by atoms with Crippen molar-refractivity contribution in [1.29, 1.82) is 0 Å². The fourth-order valence-corrected chi connectivity index (χ4v) is 5.68. The SMILES string of the molecule is CCOC(=O)C1=C(C)N=c2s/c(=C/c3ccc(-c4ccc([N+](=O)[O-])c(Cl)c4)o3)c(=O)n2C1c1ccc(Cl)cc1. The zero-order chi connectivity index (χ0) is 27.8. The third-order valence-electron chi connectivity index (χ3n) is 6.03. The number of aromatic nitrogens is 1. The summed E-state index contributed by atoms with van der Waals surface area (Å²) in [4.78, 5) is 42.1. The molecule has 0 radical (unpaired) electrons. The molecule has 1 unspecified atom stereocenters. The van der Waals surface area contributed by atoms with Crippen molar-refractivity contribution >= 4 is 52.3 Å². The van der Waals surface area contributed by atoms with Crippen molar-refractivity contribution in [3.8, 4) is 11.3 Å². The lowest BCUT2D eigenvalue weighted by molar-refractivity contribution is -0.384. The van der Waals surface area contributed by atoms with E-state index in [9.17, 15) is 19.7 Å². The molecule has 0 saturated heterocycles. The number of rotatable bonds is 6. The minimum atomic E-state index is -0.755. The first kappa shape index (κ1) is 26.6. The van der Waals surface area contributed by atoms with E-state index in [1.807, 2.05) is 0 Å². The third kappa shape index (κ3) is 5.06. The molecule has 1 atom stereocenters. The third-order valence-corrected chi connectivity index (χ3v) is 7.57. The second-order valence-electron chi connectivity index (χ2n) is 8.48. The summed E-state index contributed by atoms with van der Waals surface area (Å²) in [6.45, 7) is 3.59. The summed E-state index contributed by atoms with van der Waals surface area (Å²) in [5.41, 5.74) is 1.39. The van der Waals surface area contributed by atoms with Crippen LogP contribution in [0.5, 0.6) is 0 Å². The first-order valence-electron chi connectivity index (χ1n) is 11.7. The van der Waals surface area contributed by atoms with Crippen LogP contribution < -0.4 is 14.9 Å². The minimum Gasteiger partial charge on any atom is -0.463 e. The predicted molar refractivity (Wildman–Crippen MR) is 148 cm³/mol. The van der Waals surface area contributed by atoms with Crippen molar-refractivity contribution in [2.75, 3.05) is 6.61 Å². The lowest BCUT2D eigenvalue weighted by atomic mass is 9.96. The molecule has 2 aromatic carbocycles. The molecule has 0 aliphatic carbocycles. The number of carbonyl (C=O) groups is 1. The number of nitrogens with zero attached hydrogens (tertiary/aromatic N) is 3. The number of nitro groups is 1. The van der Waals surface area contributed by atoms with E-state index in [1.54, 1.807) is 56.3 Å². The fourth-order valence-electron chi connectivity index (χ4n) is 4.27. The summed E-state index contributed by atoms with van der Waals surface area (Å²) in [5, 5.41) is 11.6. The highest BCUT2D eigenvalue weighted by atomic mass is 35.5. The number of allylic oxidation sites excluding steroid dienone is 1. The van der Waals surface area contributed by atoms with Crippen molar-refractivity contribution in [2.45, 2.75) is 19.9 Å². The molecule has 198 valence electrons. The second-order valence-corrected chi connectivity index (χ2v) is 10.3. The van der Waals surface area contributed by atoms with Crippen LogP contribution in [-0.4, -0.2) is 22.1 Å². The van der Waals surface area contributed by atoms with E-state index in [0.29, 0.717) is 42.7 Å². The average Bonchev–Trinajstić information content (AvgIpc) is 3.48. The van der Waals surface area contributed by atoms with Gasteiger partial charge in [-0.3, -0.25) is 19.5 Å². The van der Waals surface area contributed by atoms with E-state index in [1.165, 1.54) is 22.8 Å². The van der Waals surface area contributed by atoms with E-state index >= 15 is 0 Å². The van der Waals surface area contributed by atoms with Gasteiger partial charge in [-0.15, -0.1) is 0 Å². The lowest BCUT2D eigenvalue weighted by Crippen LogP contribution is -2.39. The molecule has 0 amide bonds. The zero-order valence-corrected chi connectivity index (χ0v) is 22.8. The highest BCUT2D eigenvalue weighted by molar-refractivity contribution is 7.07. The van der Waals surface area contributed by atoms with Crippen molar-refractivity contribution in [3.63, 3.8) is 0 Å². The topological polar surface area (TPSA) is 117 Å². The predicted octanol–water partition coefficient (Wildman–Crippen LogP) is 5.27. The molecule has 1 aliphatic heterocycles. The summed E-state index contributed by atoms with van der Waals surface area (Å²) < 4.78 is 13.0. The van der Waals surface area contributed by atoms with Crippen molar-refractivity contribution in [1.82, 2.24) is 4.57 Å². The van der Waals surface area contributed by atoms with Crippen molar-refractivity contribution in [2.24, 2.45) is 4.99 Å². The number of hydrogen-bond donors (Lipinski definition) is 0. The maximum Gasteiger partial charge on any atom is 0.338 e. The van der Waals surface area contributed by atoms with Gasteiger partial charge in [-0.2, -0.15) is 0 Å². The number of halogens is 2.